The predicted molar refractivity (Wildman–Crippen MR) is 107 cm³/mol. The Balaban J connectivity index is 1.51. The smallest absolute Gasteiger partial charge is 0.205 e. The minimum Gasteiger partial charge on any atom is -0.353 e. The highest BCUT2D eigenvalue weighted by molar-refractivity contribution is 7.09. The van der Waals surface area contributed by atoms with E-state index in [9.17, 15) is 0 Å². The van der Waals surface area contributed by atoms with E-state index in [-0.39, 0.29) is 0 Å². The zero-order valence-corrected chi connectivity index (χ0v) is 16.8. The van der Waals surface area contributed by atoms with Crippen LogP contribution in [-0.4, -0.2) is 55.3 Å². The lowest BCUT2D eigenvalue weighted by molar-refractivity contribution is 0.767. The van der Waals surface area contributed by atoms with Crippen molar-refractivity contribution >= 4 is 22.5 Å². The van der Waals surface area contributed by atoms with E-state index in [0.717, 1.165) is 73.0 Å². The van der Waals surface area contributed by atoms with Crippen LogP contribution in [0.1, 0.15) is 30.6 Å². The summed E-state index contributed by atoms with van der Waals surface area (Å²) >= 11 is 1.50. The molecule has 0 aliphatic carbocycles. The van der Waals surface area contributed by atoms with Crippen LogP contribution in [0.15, 0.2) is 18.5 Å². The van der Waals surface area contributed by atoms with Gasteiger partial charge in [-0.25, -0.2) is 14.6 Å². The lowest BCUT2D eigenvalue weighted by Gasteiger charge is -2.22. The van der Waals surface area contributed by atoms with Gasteiger partial charge in [0.05, 0.1) is 18.1 Å². The molecule has 9 heteroatoms. The molecule has 0 amide bonds. The highest BCUT2D eigenvalue weighted by atomic mass is 32.1. The molecule has 1 fully saturated rings. The fraction of sp³-hybridized carbons (Fsp3) is 0.500. The molecule has 0 spiro atoms. The van der Waals surface area contributed by atoms with Crippen molar-refractivity contribution < 1.29 is 0 Å². The summed E-state index contributed by atoms with van der Waals surface area (Å²) < 4.78 is 6.27. The number of rotatable bonds is 4. The molecule has 0 N–H and O–H groups in total. The normalized spacial score (nSPS) is 15.2. The first-order chi connectivity index (χ1) is 13.1. The maximum atomic E-state index is 4.82. The summed E-state index contributed by atoms with van der Waals surface area (Å²) in [5.41, 5.74) is 2.04. The van der Waals surface area contributed by atoms with Gasteiger partial charge in [0, 0.05) is 49.8 Å². The van der Waals surface area contributed by atoms with E-state index in [1.165, 1.54) is 11.5 Å². The minimum absolute atomic E-state index is 0.760. The molecular formula is C18H24N8S. The first-order valence-electron chi connectivity index (χ1n) is 9.32. The minimum atomic E-state index is 0.760. The van der Waals surface area contributed by atoms with Crippen LogP contribution in [0, 0.1) is 13.8 Å². The van der Waals surface area contributed by atoms with Crippen LogP contribution in [0.4, 0.5) is 10.9 Å². The van der Waals surface area contributed by atoms with E-state index in [1.807, 2.05) is 30.8 Å². The molecule has 3 aromatic rings. The van der Waals surface area contributed by atoms with Crippen molar-refractivity contribution in [3.05, 3.63) is 35.7 Å². The third kappa shape index (κ3) is 3.78. The Morgan fingerprint density at radius 2 is 1.78 bits per heavy atom. The molecule has 4 rings (SSSR count). The van der Waals surface area contributed by atoms with Gasteiger partial charge in [0.2, 0.25) is 5.13 Å². The van der Waals surface area contributed by atoms with Crippen molar-refractivity contribution in [2.45, 2.75) is 33.6 Å². The van der Waals surface area contributed by atoms with E-state index < -0.39 is 0 Å². The number of nitrogens with zero attached hydrogens (tertiary/aromatic N) is 8. The van der Waals surface area contributed by atoms with Gasteiger partial charge in [-0.3, -0.25) is 4.98 Å². The van der Waals surface area contributed by atoms with Gasteiger partial charge in [-0.1, -0.05) is 6.92 Å². The van der Waals surface area contributed by atoms with Crippen molar-refractivity contribution in [3.63, 3.8) is 0 Å². The predicted octanol–water partition coefficient (Wildman–Crippen LogP) is 2.41. The summed E-state index contributed by atoms with van der Waals surface area (Å²) in [4.78, 5) is 18.5. The molecule has 142 valence electrons. The molecule has 3 aromatic heterocycles. The average molecular weight is 385 g/mol. The SMILES string of the molecule is CCc1nsc(N2CCCN(c3cncc(-n4nc(C)cc4C)n3)CC2)n1. The number of anilines is 2. The molecule has 27 heavy (non-hydrogen) atoms. The molecule has 0 radical (unpaired) electrons. The maximum absolute atomic E-state index is 4.82. The third-order valence-electron chi connectivity index (χ3n) is 4.70. The summed E-state index contributed by atoms with van der Waals surface area (Å²) in [6, 6.07) is 2.05. The molecule has 8 nitrogen and oxygen atoms in total. The van der Waals surface area contributed by atoms with Crippen LogP contribution in [0.25, 0.3) is 5.82 Å². The van der Waals surface area contributed by atoms with Gasteiger partial charge in [0.15, 0.2) is 5.82 Å². The summed E-state index contributed by atoms with van der Waals surface area (Å²) in [5, 5.41) is 5.55. The summed E-state index contributed by atoms with van der Waals surface area (Å²) in [7, 11) is 0. The zero-order chi connectivity index (χ0) is 18.8. The van der Waals surface area contributed by atoms with E-state index >= 15 is 0 Å². The molecule has 4 heterocycles. The van der Waals surface area contributed by atoms with Crippen molar-refractivity contribution in [2.75, 3.05) is 36.0 Å². The van der Waals surface area contributed by atoms with Crippen LogP contribution in [0.5, 0.6) is 0 Å². The Kier molecular flexibility index (Phi) is 5.02. The Morgan fingerprint density at radius 3 is 2.52 bits per heavy atom. The van der Waals surface area contributed by atoms with Crippen LogP contribution in [0.3, 0.4) is 0 Å². The van der Waals surface area contributed by atoms with E-state index in [0.29, 0.717) is 0 Å². The van der Waals surface area contributed by atoms with Crippen molar-refractivity contribution in [2.24, 2.45) is 0 Å². The van der Waals surface area contributed by atoms with Crippen LogP contribution < -0.4 is 9.80 Å². The zero-order valence-electron chi connectivity index (χ0n) is 16.0. The summed E-state index contributed by atoms with van der Waals surface area (Å²) in [6.45, 7) is 9.84. The fourth-order valence-electron chi connectivity index (χ4n) is 3.32. The molecule has 0 bridgehead atoms. The van der Waals surface area contributed by atoms with Crippen molar-refractivity contribution in [1.29, 1.82) is 0 Å². The number of aromatic nitrogens is 6. The second-order valence-corrected chi connectivity index (χ2v) is 7.48. The Hall–Kier alpha value is -2.55. The first kappa shape index (κ1) is 17.8. The largest absolute Gasteiger partial charge is 0.353 e. The van der Waals surface area contributed by atoms with Gasteiger partial charge in [-0.05, 0) is 26.3 Å². The van der Waals surface area contributed by atoms with Gasteiger partial charge in [-0.15, -0.1) is 0 Å². The standard InChI is InChI=1S/C18H24N8S/c1-4-15-20-18(27-23-15)25-7-5-6-24(8-9-25)16-11-19-12-17(21-16)26-14(3)10-13(2)22-26/h10-12H,4-9H2,1-3H3. The van der Waals surface area contributed by atoms with Gasteiger partial charge in [0.25, 0.3) is 0 Å². The molecule has 0 atom stereocenters. The molecular weight excluding hydrogens is 360 g/mol. The number of aryl methyl sites for hydroxylation is 3. The molecule has 1 saturated heterocycles. The third-order valence-corrected chi connectivity index (χ3v) is 5.51. The summed E-state index contributed by atoms with van der Waals surface area (Å²) in [5.74, 6) is 2.59. The van der Waals surface area contributed by atoms with Gasteiger partial charge >= 0.3 is 0 Å². The quantitative estimate of drug-likeness (QED) is 0.684. The van der Waals surface area contributed by atoms with Crippen molar-refractivity contribution in [1.82, 2.24) is 29.1 Å². The molecule has 0 saturated carbocycles. The second-order valence-electron chi connectivity index (χ2n) is 6.75. The van der Waals surface area contributed by atoms with Gasteiger partial charge < -0.3 is 9.80 Å². The highest BCUT2D eigenvalue weighted by Gasteiger charge is 2.19. The molecule has 1 aliphatic heterocycles. The highest BCUT2D eigenvalue weighted by Crippen LogP contribution is 2.21. The number of hydrogen-bond donors (Lipinski definition) is 0. The first-order valence-corrected chi connectivity index (χ1v) is 10.1. The Bertz CT molecular complexity index is 918. The van der Waals surface area contributed by atoms with Crippen molar-refractivity contribution in [3.8, 4) is 5.82 Å². The molecule has 1 aliphatic rings. The van der Waals surface area contributed by atoms with Gasteiger partial charge in [0.1, 0.15) is 11.6 Å². The van der Waals surface area contributed by atoms with Gasteiger partial charge in [-0.2, -0.15) is 9.47 Å². The Morgan fingerprint density at radius 1 is 1.00 bits per heavy atom. The lowest BCUT2D eigenvalue weighted by atomic mass is 10.4. The number of hydrogen-bond acceptors (Lipinski definition) is 8. The van der Waals surface area contributed by atoms with E-state index in [4.69, 9.17) is 4.98 Å². The van der Waals surface area contributed by atoms with Crippen LogP contribution in [-0.2, 0) is 6.42 Å². The molecule has 0 unspecified atom stereocenters. The van der Waals surface area contributed by atoms with E-state index in [2.05, 4.69) is 36.2 Å². The monoisotopic (exact) mass is 384 g/mol. The maximum Gasteiger partial charge on any atom is 0.205 e. The summed E-state index contributed by atoms with van der Waals surface area (Å²) in [6.07, 6.45) is 5.53. The van der Waals surface area contributed by atoms with E-state index in [1.54, 1.807) is 6.20 Å². The average Bonchev–Trinajstić information content (AvgIpc) is 3.20. The fourth-order valence-corrected chi connectivity index (χ4v) is 4.12. The van der Waals surface area contributed by atoms with Crippen LogP contribution in [0.2, 0.25) is 0 Å². The van der Waals surface area contributed by atoms with Crippen LogP contribution >= 0.6 is 11.5 Å². The molecule has 0 aromatic carbocycles. The Labute approximate surface area is 163 Å². The second kappa shape index (κ2) is 7.59. The lowest BCUT2D eigenvalue weighted by Crippen LogP contribution is -2.31. The topological polar surface area (TPSA) is 75.9 Å².